The van der Waals surface area contributed by atoms with Gasteiger partial charge in [-0.15, -0.1) is 0 Å². The van der Waals surface area contributed by atoms with Crippen LogP contribution >= 0.6 is 15.9 Å². The molecule has 1 aromatic rings. The Bertz CT molecular complexity index is 463. The number of alkyl halides is 1. The van der Waals surface area contributed by atoms with Crippen molar-refractivity contribution in [3.63, 3.8) is 0 Å². The number of halogens is 1. The van der Waals surface area contributed by atoms with Gasteiger partial charge in [0.2, 0.25) is 0 Å². The highest BCUT2D eigenvalue weighted by Crippen LogP contribution is 2.32. The molecule has 1 aromatic carbocycles. The van der Waals surface area contributed by atoms with Crippen molar-refractivity contribution in [2.24, 2.45) is 11.3 Å². The van der Waals surface area contributed by atoms with Crippen molar-refractivity contribution < 1.29 is 14.3 Å². The Morgan fingerprint density at radius 2 is 1.95 bits per heavy atom. The molecule has 0 N–H and O–H groups in total. The van der Waals surface area contributed by atoms with Gasteiger partial charge in [-0.3, -0.25) is 4.79 Å². The number of carbonyl (C=O) groups excluding carboxylic acids is 1. The van der Waals surface area contributed by atoms with Crippen molar-refractivity contribution in [1.82, 2.24) is 0 Å². The van der Waals surface area contributed by atoms with Crippen LogP contribution in [0.2, 0.25) is 0 Å². The van der Waals surface area contributed by atoms with Gasteiger partial charge in [0.1, 0.15) is 0 Å². The van der Waals surface area contributed by atoms with E-state index in [2.05, 4.69) is 36.7 Å². The molecule has 0 saturated heterocycles. The van der Waals surface area contributed by atoms with Gasteiger partial charge in [-0.25, -0.2) is 0 Å². The van der Waals surface area contributed by atoms with Gasteiger partial charge >= 0.3 is 0 Å². The Hall–Kier alpha value is -1.03. The van der Waals surface area contributed by atoms with Gasteiger partial charge in [0, 0.05) is 16.8 Å². The van der Waals surface area contributed by atoms with Gasteiger partial charge in [-0.1, -0.05) is 36.7 Å². The average Bonchev–Trinajstić information content (AvgIpc) is 2.37. The monoisotopic (exact) mass is 342 g/mol. The van der Waals surface area contributed by atoms with E-state index in [1.165, 1.54) is 6.92 Å². The predicted molar refractivity (Wildman–Crippen MR) is 85.2 cm³/mol. The van der Waals surface area contributed by atoms with E-state index in [1.54, 1.807) is 25.3 Å². The third-order valence-electron chi connectivity index (χ3n) is 3.42. The van der Waals surface area contributed by atoms with Crippen LogP contribution in [0.25, 0.3) is 0 Å². The number of ether oxygens (including phenoxy) is 2. The first-order chi connectivity index (χ1) is 9.29. The topological polar surface area (TPSA) is 35.5 Å². The maximum absolute atomic E-state index is 11.4. The molecule has 0 aliphatic carbocycles. The van der Waals surface area contributed by atoms with Crippen LogP contribution < -0.4 is 9.47 Å². The molecule has 0 aromatic heterocycles. The number of rotatable bonds is 6. The number of hydrogen-bond acceptors (Lipinski definition) is 3. The van der Waals surface area contributed by atoms with Crippen LogP contribution in [-0.4, -0.2) is 24.8 Å². The smallest absolute Gasteiger partial charge is 0.161 e. The fraction of sp³-hybridized carbons (Fsp3) is 0.562. The summed E-state index contributed by atoms with van der Waals surface area (Å²) in [5.74, 6) is 1.68. The standard InChI is InChI=1S/C16H23BrO3/c1-11(18)12-6-7-14(15(8-12)19-5)20-10-13(9-17)16(2,3)4/h6-8,13H,9-10H2,1-5H3. The highest BCUT2D eigenvalue weighted by Gasteiger charge is 2.24. The molecule has 0 spiro atoms. The van der Waals surface area contributed by atoms with Gasteiger partial charge in [-0.2, -0.15) is 0 Å². The summed E-state index contributed by atoms with van der Waals surface area (Å²) >= 11 is 3.54. The highest BCUT2D eigenvalue weighted by molar-refractivity contribution is 9.09. The average molecular weight is 343 g/mol. The molecular weight excluding hydrogens is 320 g/mol. The summed E-state index contributed by atoms with van der Waals surface area (Å²) in [4.78, 5) is 11.4. The first-order valence-electron chi connectivity index (χ1n) is 6.67. The van der Waals surface area contributed by atoms with E-state index in [0.29, 0.717) is 29.6 Å². The van der Waals surface area contributed by atoms with Crippen LogP contribution in [0.4, 0.5) is 0 Å². The lowest BCUT2D eigenvalue weighted by molar-refractivity contribution is 0.101. The van der Waals surface area contributed by atoms with Crippen molar-refractivity contribution in [3.05, 3.63) is 23.8 Å². The minimum Gasteiger partial charge on any atom is -0.493 e. The summed E-state index contributed by atoms with van der Waals surface area (Å²) in [5.41, 5.74) is 0.790. The zero-order valence-corrected chi connectivity index (χ0v) is 14.4. The third kappa shape index (κ3) is 4.51. The van der Waals surface area contributed by atoms with Crippen LogP contribution in [0.3, 0.4) is 0 Å². The Balaban J connectivity index is 2.85. The summed E-state index contributed by atoms with van der Waals surface area (Å²) < 4.78 is 11.2. The lowest BCUT2D eigenvalue weighted by atomic mass is 9.83. The molecule has 0 amide bonds. The molecule has 1 unspecified atom stereocenters. The summed E-state index contributed by atoms with van der Waals surface area (Å²) in [6.45, 7) is 8.72. The van der Waals surface area contributed by atoms with E-state index in [1.807, 2.05) is 0 Å². The largest absolute Gasteiger partial charge is 0.493 e. The number of methoxy groups -OCH3 is 1. The molecule has 0 heterocycles. The molecule has 20 heavy (non-hydrogen) atoms. The van der Waals surface area contributed by atoms with Crippen LogP contribution in [0, 0.1) is 11.3 Å². The molecule has 0 aliphatic rings. The van der Waals surface area contributed by atoms with E-state index in [-0.39, 0.29) is 11.2 Å². The maximum Gasteiger partial charge on any atom is 0.161 e. The zero-order valence-electron chi connectivity index (χ0n) is 12.8. The van der Waals surface area contributed by atoms with E-state index in [4.69, 9.17) is 9.47 Å². The second-order valence-electron chi connectivity index (χ2n) is 5.95. The maximum atomic E-state index is 11.4. The number of carbonyl (C=O) groups is 1. The lowest BCUT2D eigenvalue weighted by Crippen LogP contribution is -2.28. The van der Waals surface area contributed by atoms with Gasteiger partial charge in [0.25, 0.3) is 0 Å². The van der Waals surface area contributed by atoms with E-state index in [9.17, 15) is 4.79 Å². The van der Waals surface area contributed by atoms with Crippen molar-refractivity contribution in [3.8, 4) is 11.5 Å². The van der Waals surface area contributed by atoms with E-state index < -0.39 is 0 Å². The number of Topliss-reactive ketones (excluding diaryl/α,β-unsaturated/α-hetero) is 1. The molecule has 4 heteroatoms. The molecule has 3 nitrogen and oxygen atoms in total. The predicted octanol–water partition coefficient (Wildman–Crippen LogP) is 4.33. The third-order valence-corrected chi connectivity index (χ3v) is 4.20. The molecule has 112 valence electrons. The number of ketones is 1. The molecule has 1 atom stereocenters. The first-order valence-corrected chi connectivity index (χ1v) is 7.79. The summed E-state index contributed by atoms with van der Waals surface area (Å²) in [6.07, 6.45) is 0. The normalized spacial score (nSPS) is 12.9. The molecule has 0 radical (unpaired) electrons. The fourth-order valence-electron chi connectivity index (χ4n) is 1.72. The SMILES string of the molecule is COc1cc(C(C)=O)ccc1OCC(CBr)C(C)(C)C. The van der Waals surface area contributed by atoms with Gasteiger partial charge in [0.15, 0.2) is 17.3 Å². The second kappa shape index (κ2) is 7.11. The van der Waals surface area contributed by atoms with Crippen LogP contribution in [0.5, 0.6) is 11.5 Å². The van der Waals surface area contributed by atoms with E-state index in [0.717, 1.165) is 5.33 Å². The molecule has 0 saturated carbocycles. The molecule has 0 aliphatic heterocycles. The summed E-state index contributed by atoms with van der Waals surface area (Å²) in [5, 5.41) is 0.879. The van der Waals surface area contributed by atoms with E-state index >= 15 is 0 Å². The van der Waals surface area contributed by atoms with Crippen molar-refractivity contribution >= 4 is 21.7 Å². The van der Waals surface area contributed by atoms with Gasteiger partial charge in [0.05, 0.1) is 13.7 Å². The van der Waals surface area contributed by atoms with Crippen molar-refractivity contribution in [2.75, 3.05) is 19.0 Å². The number of hydrogen-bond donors (Lipinski definition) is 0. The Labute approximate surface area is 129 Å². The summed E-state index contributed by atoms with van der Waals surface area (Å²) in [7, 11) is 1.58. The first kappa shape index (κ1) is 17.0. The fourth-order valence-corrected chi connectivity index (χ4v) is 2.88. The minimum atomic E-state index is 0.0166. The Morgan fingerprint density at radius 3 is 2.40 bits per heavy atom. The zero-order chi connectivity index (χ0) is 15.3. The molecule has 0 bridgehead atoms. The van der Waals surface area contributed by atoms with Crippen molar-refractivity contribution in [2.45, 2.75) is 27.7 Å². The van der Waals surface area contributed by atoms with Gasteiger partial charge in [-0.05, 0) is 30.5 Å². The van der Waals surface area contributed by atoms with Crippen LogP contribution in [0.1, 0.15) is 38.1 Å². The number of benzene rings is 1. The Morgan fingerprint density at radius 1 is 1.30 bits per heavy atom. The molecular formula is C16H23BrO3. The van der Waals surface area contributed by atoms with Gasteiger partial charge < -0.3 is 9.47 Å². The lowest BCUT2D eigenvalue weighted by Gasteiger charge is -2.29. The highest BCUT2D eigenvalue weighted by atomic mass is 79.9. The van der Waals surface area contributed by atoms with Crippen LogP contribution in [-0.2, 0) is 0 Å². The van der Waals surface area contributed by atoms with Crippen LogP contribution in [0.15, 0.2) is 18.2 Å². The summed E-state index contributed by atoms with van der Waals surface area (Å²) in [6, 6.07) is 5.28. The molecule has 1 rings (SSSR count). The molecule has 0 fully saturated rings. The Kier molecular flexibility index (Phi) is 6.06. The quantitative estimate of drug-likeness (QED) is 0.570. The van der Waals surface area contributed by atoms with Crippen molar-refractivity contribution in [1.29, 1.82) is 0 Å². The minimum absolute atomic E-state index is 0.0166. The second-order valence-corrected chi connectivity index (χ2v) is 6.60.